The van der Waals surface area contributed by atoms with Crippen LogP contribution in [0.25, 0.3) is 0 Å². The van der Waals surface area contributed by atoms with Gasteiger partial charge in [0.1, 0.15) is 21.7 Å². The molecule has 2 aromatic heterocycles. The standard InChI is InChI=1S/C17H25N5O2S2/c1-3-14-6-7-17(25-14)26(23,24)19-9-8-18-15-12-16(21-13(2)20-15)22-10-4-5-11-22/h6-7,12,19H,3-5,8-11H2,1-2H3,(H,18,20,21). The molecule has 26 heavy (non-hydrogen) atoms. The Morgan fingerprint density at radius 3 is 2.65 bits per heavy atom. The normalized spacial score (nSPS) is 14.8. The zero-order valence-corrected chi connectivity index (χ0v) is 16.8. The smallest absolute Gasteiger partial charge is 0.250 e. The largest absolute Gasteiger partial charge is 0.369 e. The van der Waals surface area contributed by atoms with Gasteiger partial charge >= 0.3 is 0 Å². The lowest BCUT2D eigenvalue weighted by Gasteiger charge is -2.17. The molecule has 2 aromatic rings. The van der Waals surface area contributed by atoms with Gasteiger partial charge in [0.05, 0.1) is 0 Å². The number of sulfonamides is 1. The molecule has 0 aliphatic carbocycles. The SMILES string of the molecule is CCc1ccc(S(=O)(=O)NCCNc2cc(N3CCCC3)nc(C)n2)s1. The molecule has 0 atom stereocenters. The molecular weight excluding hydrogens is 370 g/mol. The summed E-state index contributed by atoms with van der Waals surface area (Å²) in [5.41, 5.74) is 0. The minimum absolute atomic E-state index is 0.295. The van der Waals surface area contributed by atoms with Crippen molar-refractivity contribution in [3.63, 3.8) is 0 Å². The molecule has 0 aromatic carbocycles. The van der Waals surface area contributed by atoms with Gasteiger partial charge in [0.25, 0.3) is 0 Å². The zero-order chi connectivity index (χ0) is 18.6. The molecule has 7 nitrogen and oxygen atoms in total. The van der Waals surface area contributed by atoms with E-state index in [1.54, 1.807) is 6.07 Å². The van der Waals surface area contributed by atoms with Crippen molar-refractivity contribution in [3.05, 3.63) is 28.9 Å². The average Bonchev–Trinajstić information content (AvgIpc) is 3.29. The summed E-state index contributed by atoms with van der Waals surface area (Å²) in [6.45, 7) is 6.69. The second-order valence-corrected chi connectivity index (χ2v) is 9.41. The Kier molecular flexibility index (Phi) is 6.10. The Labute approximate surface area is 158 Å². The Morgan fingerprint density at radius 2 is 1.96 bits per heavy atom. The number of anilines is 2. The van der Waals surface area contributed by atoms with Gasteiger partial charge < -0.3 is 10.2 Å². The van der Waals surface area contributed by atoms with Crippen LogP contribution in [0.4, 0.5) is 11.6 Å². The van der Waals surface area contributed by atoms with Crippen molar-refractivity contribution in [2.24, 2.45) is 0 Å². The number of hydrogen-bond acceptors (Lipinski definition) is 7. The summed E-state index contributed by atoms with van der Waals surface area (Å²) >= 11 is 1.32. The summed E-state index contributed by atoms with van der Waals surface area (Å²) in [7, 11) is -3.45. The monoisotopic (exact) mass is 395 g/mol. The van der Waals surface area contributed by atoms with E-state index in [2.05, 4.69) is 24.9 Å². The van der Waals surface area contributed by atoms with E-state index >= 15 is 0 Å². The van der Waals surface area contributed by atoms with Gasteiger partial charge in [-0.1, -0.05) is 6.92 Å². The molecular formula is C17H25N5O2S2. The van der Waals surface area contributed by atoms with Crippen molar-refractivity contribution in [2.45, 2.75) is 37.3 Å². The van der Waals surface area contributed by atoms with Crippen LogP contribution in [0, 0.1) is 6.92 Å². The molecule has 3 heterocycles. The van der Waals surface area contributed by atoms with Gasteiger partial charge in [-0.2, -0.15) is 0 Å². The first-order valence-corrected chi connectivity index (χ1v) is 11.2. The fraction of sp³-hybridized carbons (Fsp3) is 0.529. The van der Waals surface area contributed by atoms with Crippen LogP contribution in [0.3, 0.4) is 0 Å². The van der Waals surface area contributed by atoms with E-state index in [0.29, 0.717) is 23.1 Å². The van der Waals surface area contributed by atoms with Crippen LogP contribution in [-0.4, -0.2) is 44.6 Å². The van der Waals surface area contributed by atoms with Crippen LogP contribution >= 0.6 is 11.3 Å². The highest BCUT2D eigenvalue weighted by molar-refractivity contribution is 7.91. The Balaban J connectivity index is 1.54. The second kappa shape index (κ2) is 8.32. The van der Waals surface area contributed by atoms with E-state index < -0.39 is 10.0 Å². The lowest BCUT2D eigenvalue weighted by molar-refractivity contribution is 0.585. The predicted octanol–water partition coefficient (Wildman–Crippen LogP) is 2.40. The van der Waals surface area contributed by atoms with Gasteiger partial charge in [-0.3, -0.25) is 0 Å². The van der Waals surface area contributed by atoms with Gasteiger partial charge in [-0.25, -0.2) is 23.1 Å². The number of hydrogen-bond donors (Lipinski definition) is 2. The molecule has 2 N–H and O–H groups in total. The van der Waals surface area contributed by atoms with E-state index in [0.717, 1.165) is 36.0 Å². The Bertz CT molecular complexity index is 845. The van der Waals surface area contributed by atoms with Crippen LogP contribution in [0.5, 0.6) is 0 Å². The third kappa shape index (κ3) is 4.72. The topological polar surface area (TPSA) is 87.2 Å². The van der Waals surface area contributed by atoms with Crippen LogP contribution in [0.15, 0.2) is 22.4 Å². The number of thiophene rings is 1. The maximum absolute atomic E-state index is 12.3. The predicted molar refractivity (Wildman–Crippen MR) is 106 cm³/mol. The quantitative estimate of drug-likeness (QED) is 0.668. The zero-order valence-electron chi connectivity index (χ0n) is 15.2. The van der Waals surface area contributed by atoms with Gasteiger partial charge in [-0.05, 0) is 38.3 Å². The number of aromatic nitrogens is 2. The highest BCUT2D eigenvalue weighted by Gasteiger charge is 2.17. The van der Waals surface area contributed by atoms with Crippen LogP contribution in [0.2, 0.25) is 0 Å². The first kappa shape index (κ1) is 19.1. The highest BCUT2D eigenvalue weighted by Crippen LogP contribution is 2.22. The fourth-order valence-electron chi connectivity index (χ4n) is 2.89. The fourth-order valence-corrected chi connectivity index (χ4v) is 5.26. The molecule has 0 amide bonds. The average molecular weight is 396 g/mol. The van der Waals surface area contributed by atoms with Crippen molar-refractivity contribution >= 4 is 33.0 Å². The summed E-state index contributed by atoms with van der Waals surface area (Å²) < 4.78 is 27.6. The third-order valence-corrected chi connectivity index (χ3v) is 7.41. The van der Waals surface area contributed by atoms with Crippen molar-refractivity contribution in [2.75, 3.05) is 36.4 Å². The van der Waals surface area contributed by atoms with Gasteiger partial charge in [0, 0.05) is 37.1 Å². The van der Waals surface area contributed by atoms with E-state index in [4.69, 9.17) is 0 Å². The first-order valence-electron chi connectivity index (χ1n) is 8.91. The Hall–Kier alpha value is -1.71. The summed E-state index contributed by atoms with van der Waals surface area (Å²) in [6.07, 6.45) is 3.22. The summed E-state index contributed by atoms with van der Waals surface area (Å²) in [6, 6.07) is 5.45. The lowest BCUT2D eigenvalue weighted by Crippen LogP contribution is -2.28. The van der Waals surface area contributed by atoms with Crippen molar-refractivity contribution in [3.8, 4) is 0 Å². The molecule has 0 bridgehead atoms. The van der Waals surface area contributed by atoms with E-state index in [9.17, 15) is 8.42 Å². The van der Waals surface area contributed by atoms with Gasteiger partial charge in [-0.15, -0.1) is 11.3 Å². The molecule has 0 saturated carbocycles. The molecule has 1 fully saturated rings. The van der Waals surface area contributed by atoms with E-state index in [-0.39, 0.29) is 0 Å². The molecule has 142 valence electrons. The molecule has 9 heteroatoms. The third-order valence-electron chi connectivity index (χ3n) is 4.23. The van der Waals surface area contributed by atoms with Crippen molar-refractivity contribution < 1.29 is 8.42 Å². The van der Waals surface area contributed by atoms with Crippen LogP contribution in [0.1, 0.15) is 30.5 Å². The minimum atomic E-state index is -3.45. The number of aryl methyl sites for hydroxylation is 2. The van der Waals surface area contributed by atoms with E-state index in [1.165, 1.54) is 24.2 Å². The summed E-state index contributed by atoms with van der Waals surface area (Å²) in [5.74, 6) is 2.37. The van der Waals surface area contributed by atoms with Crippen LogP contribution in [-0.2, 0) is 16.4 Å². The molecule has 0 spiro atoms. The van der Waals surface area contributed by atoms with Gasteiger partial charge in [0.2, 0.25) is 10.0 Å². The van der Waals surface area contributed by atoms with Crippen molar-refractivity contribution in [1.29, 1.82) is 0 Å². The van der Waals surface area contributed by atoms with Crippen molar-refractivity contribution in [1.82, 2.24) is 14.7 Å². The minimum Gasteiger partial charge on any atom is -0.369 e. The molecule has 1 saturated heterocycles. The van der Waals surface area contributed by atoms with Gasteiger partial charge in [0.15, 0.2) is 0 Å². The number of rotatable bonds is 8. The molecule has 1 aliphatic rings. The molecule has 3 rings (SSSR count). The number of nitrogens with zero attached hydrogens (tertiary/aromatic N) is 3. The molecule has 0 unspecified atom stereocenters. The molecule has 0 radical (unpaired) electrons. The lowest BCUT2D eigenvalue weighted by atomic mass is 10.4. The summed E-state index contributed by atoms with van der Waals surface area (Å²) in [4.78, 5) is 12.2. The van der Waals surface area contributed by atoms with E-state index in [1.807, 2.05) is 26.0 Å². The second-order valence-electron chi connectivity index (χ2n) is 6.25. The first-order chi connectivity index (χ1) is 12.5. The Morgan fingerprint density at radius 1 is 1.19 bits per heavy atom. The summed E-state index contributed by atoms with van der Waals surface area (Å²) in [5, 5.41) is 3.19. The van der Waals surface area contributed by atoms with Crippen LogP contribution < -0.4 is 14.9 Å². The maximum atomic E-state index is 12.3. The molecule has 1 aliphatic heterocycles. The number of nitrogens with one attached hydrogen (secondary N) is 2. The highest BCUT2D eigenvalue weighted by atomic mass is 32.2. The maximum Gasteiger partial charge on any atom is 0.250 e.